The summed E-state index contributed by atoms with van der Waals surface area (Å²) in [6, 6.07) is 1.95. The number of aromatic nitrogens is 1. The van der Waals surface area contributed by atoms with E-state index in [1.807, 2.05) is 13.0 Å². The van der Waals surface area contributed by atoms with Gasteiger partial charge in [-0.2, -0.15) is 0 Å². The van der Waals surface area contributed by atoms with Crippen LogP contribution in [0.2, 0.25) is 0 Å². The van der Waals surface area contributed by atoms with Crippen molar-refractivity contribution in [2.24, 2.45) is 4.99 Å². The van der Waals surface area contributed by atoms with Crippen LogP contribution in [0.25, 0.3) is 0 Å². The van der Waals surface area contributed by atoms with Crippen molar-refractivity contribution in [2.45, 2.75) is 45.8 Å². The standard InChI is InChI=1S/C14H24N4O2.HI/c1-3-11-8-13(20-18-11)10-17-14(15-4-2)16-9-12-6-5-7-19-12;/h8,12H,3-7,9-10H2,1-2H3,(H2,15,16,17);1H. The minimum absolute atomic E-state index is 0. The molecule has 1 unspecified atom stereocenters. The second-order valence-electron chi connectivity index (χ2n) is 4.85. The summed E-state index contributed by atoms with van der Waals surface area (Å²) in [6.07, 6.45) is 3.45. The molecule has 0 radical (unpaired) electrons. The summed E-state index contributed by atoms with van der Waals surface area (Å²) in [7, 11) is 0. The molecule has 1 aliphatic heterocycles. The van der Waals surface area contributed by atoms with Crippen molar-refractivity contribution in [3.8, 4) is 0 Å². The van der Waals surface area contributed by atoms with Gasteiger partial charge in [0.1, 0.15) is 6.54 Å². The summed E-state index contributed by atoms with van der Waals surface area (Å²) in [6.45, 7) is 7.09. The highest BCUT2D eigenvalue weighted by Crippen LogP contribution is 2.10. The smallest absolute Gasteiger partial charge is 0.191 e. The summed E-state index contributed by atoms with van der Waals surface area (Å²) < 4.78 is 10.8. The predicted octanol–water partition coefficient (Wildman–Crippen LogP) is 2.09. The first-order valence-electron chi connectivity index (χ1n) is 7.40. The van der Waals surface area contributed by atoms with Crippen LogP contribution in [-0.2, 0) is 17.7 Å². The largest absolute Gasteiger partial charge is 0.376 e. The first-order chi connectivity index (χ1) is 9.81. The van der Waals surface area contributed by atoms with Gasteiger partial charge in [0.2, 0.25) is 0 Å². The zero-order valence-corrected chi connectivity index (χ0v) is 15.1. The first-order valence-corrected chi connectivity index (χ1v) is 7.40. The van der Waals surface area contributed by atoms with E-state index in [9.17, 15) is 0 Å². The monoisotopic (exact) mass is 408 g/mol. The normalized spacial score (nSPS) is 18.4. The summed E-state index contributed by atoms with van der Waals surface area (Å²) in [5.74, 6) is 1.58. The number of nitrogens with one attached hydrogen (secondary N) is 2. The average molecular weight is 408 g/mol. The van der Waals surface area contributed by atoms with E-state index < -0.39 is 0 Å². The van der Waals surface area contributed by atoms with Crippen LogP contribution in [0.15, 0.2) is 15.6 Å². The summed E-state index contributed by atoms with van der Waals surface area (Å²) >= 11 is 0. The molecule has 1 fully saturated rings. The number of nitrogens with zero attached hydrogens (tertiary/aromatic N) is 2. The maximum absolute atomic E-state index is 5.59. The topological polar surface area (TPSA) is 71.7 Å². The number of halogens is 1. The van der Waals surface area contributed by atoms with Crippen LogP contribution >= 0.6 is 24.0 Å². The van der Waals surface area contributed by atoms with Gasteiger partial charge in [-0.05, 0) is 26.2 Å². The Morgan fingerprint density at radius 2 is 2.29 bits per heavy atom. The summed E-state index contributed by atoms with van der Waals surface area (Å²) in [5.41, 5.74) is 0.965. The van der Waals surface area contributed by atoms with Crippen LogP contribution in [0.1, 0.15) is 38.1 Å². The Hall–Kier alpha value is -0.830. The van der Waals surface area contributed by atoms with E-state index in [-0.39, 0.29) is 24.0 Å². The van der Waals surface area contributed by atoms with Crippen LogP contribution in [0.4, 0.5) is 0 Å². The third-order valence-corrected chi connectivity index (χ3v) is 3.23. The highest BCUT2D eigenvalue weighted by atomic mass is 127. The van der Waals surface area contributed by atoms with Gasteiger partial charge < -0.3 is 19.9 Å². The lowest BCUT2D eigenvalue weighted by molar-refractivity contribution is 0.114. The number of rotatable bonds is 6. The SMILES string of the molecule is CCNC(=NCc1cc(CC)no1)NCC1CCCO1.I. The van der Waals surface area contributed by atoms with E-state index in [1.165, 1.54) is 0 Å². The second kappa shape index (κ2) is 9.99. The van der Waals surface area contributed by atoms with Crippen molar-refractivity contribution < 1.29 is 9.26 Å². The van der Waals surface area contributed by atoms with Gasteiger partial charge in [0.15, 0.2) is 11.7 Å². The van der Waals surface area contributed by atoms with Crippen LogP contribution in [0.3, 0.4) is 0 Å². The maximum Gasteiger partial charge on any atom is 0.191 e. The number of hydrogen-bond donors (Lipinski definition) is 2. The molecule has 1 atom stereocenters. The van der Waals surface area contributed by atoms with Gasteiger partial charge in [-0.25, -0.2) is 4.99 Å². The Bertz CT molecular complexity index is 430. The van der Waals surface area contributed by atoms with E-state index in [0.29, 0.717) is 12.6 Å². The van der Waals surface area contributed by atoms with Crippen molar-refractivity contribution in [1.29, 1.82) is 0 Å². The average Bonchev–Trinajstić information content (AvgIpc) is 3.13. The van der Waals surface area contributed by atoms with Crippen LogP contribution < -0.4 is 10.6 Å². The van der Waals surface area contributed by atoms with Gasteiger partial charge in [-0.3, -0.25) is 0 Å². The molecule has 21 heavy (non-hydrogen) atoms. The van der Waals surface area contributed by atoms with Gasteiger partial charge in [0.05, 0.1) is 11.8 Å². The fraction of sp³-hybridized carbons (Fsp3) is 0.714. The maximum atomic E-state index is 5.59. The fourth-order valence-corrected chi connectivity index (χ4v) is 2.11. The van der Waals surface area contributed by atoms with E-state index in [4.69, 9.17) is 9.26 Å². The molecule has 0 saturated carbocycles. The summed E-state index contributed by atoms with van der Waals surface area (Å²) in [4.78, 5) is 4.50. The van der Waals surface area contributed by atoms with Crippen molar-refractivity contribution in [3.05, 3.63) is 17.5 Å². The molecule has 0 aromatic carbocycles. The summed E-state index contributed by atoms with van der Waals surface area (Å²) in [5, 5.41) is 10.5. The van der Waals surface area contributed by atoms with Gasteiger partial charge in [0.25, 0.3) is 0 Å². The Kier molecular flexibility index (Phi) is 8.67. The molecule has 7 heteroatoms. The number of aryl methyl sites for hydroxylation is 1. The van der Waals surface area contributed by atoms with Gasteiger partial charge >= 0.3 is 0 Å². The lowest BCUT2D eigenvalue weighted by atomic mass is 10.2. The third-order valence-electron chi connectivity index (χ3n) is 3.23. The van der Waals surface area contributed by atoms with Crippen LogP contribution in [0, 0.1) is 0 Å². The van der Waals surface area contributed by atoms with E-state index >= 15 is 0 Å². The zero-order chi connectivity index (χ0) is 14.2. The molecule has 0 amide bonds. The highest BCUT2D eigenvalue weighted by molar-refractivity contribution is 14.0. The van der Waals surface area contributed by atoms with Gasteiger partial charge in [-0.15, -0.1) is 24.0 Å². The Balaban J connectivity index is 0.00000220. The lowest BCUT2D eigenvalue weighted by Gasteiger charge is -2.14. The van der Waals surface area contributed by atoms with Crippen molar-refractivity contribution in [2.75, 3.05) is 19.7 Å². The van der Waals surface area contributed by atoms with E-state index in [1.54, 1.807) is 0 Å². The Morgan fingerprint density at radius 3 is 2.90 bits per heavy atom. The Morgan fingerprint density at radius 1 is 1.43 bits per heavy atom. The predicted molar refractivity (Wildman–Crippen MR) is 93.1 cm³/mol. The van der Waals surface area contributed by atoms with Gasteiger partial charge in [0, 0.05) is 25.8 Å². The van der Waals surface area contributed by atoms with Crippen LogP contribution in [-0.4, -0.2) is 36.9 Å². The molecule has 1 aliphatic rings. The molecule has 2 rings (SSSR count). The quantitative estimate of drug-likeness (QED) is 0.429. The van der Waals surface area contributed by atoms with E-state index in [0.717, 1.165) is 56.4 Å². The molecule has 0 bridgehead atoms. The number of ether oxygens (including phenoxy) is 1. The lowest BCUT2D eigenvalue weighted by Crippen LogP contribution is -2.41. The molecule has 2 N–H and O–H groups in total. The Labute approximate surface area is 143 Å². The molecule has 0 spiro atoms. The fourth-order valence-electron chi connectivity index (χ4n) is 2.11. The zero-order valence-electron chi connectivity index (χ0n) is 12.7. The second-order valence-corrected chi connectivity index (χ2v) is 4.85. The third kappa shape index (κ3) is 6.21. The molecule has 2 heterocycles. The minimum Gasteiger partial charge on any atom is -0.376 e. The molecule has 1 aromatic rings. The number of aliphatic imine (C=N–C) groups is 1. The molecule has 120 valence electrons. The highest BCUT2D eigenvalue weighted by Gasteiger charge is 2.15. The van der Waals surface area contributed by atoms with Gasteiger partial charge in [-0.1, -0.05) is 12.1 Å². The minimum atomic E-state index is 0. The molecular formula is C14H25IN4O2. The first kappa shape index (κ1) is 18.2. The molecule has 0 aliphatic carbocycles. The van der Waals surface area contributed by atoms with Crippen molar-refractivity contribution >= 4 is 29.9 Å². The number of hydrogen-bond acceptors (Lipinski definition) is 4. The molecular weight excluding hydrogens is 383 g/mol. The molecule has 1 saturated heterocycles. The van der Waals surface area contributed by atoms with Crippen molar-refractivity contribution in [3.63, 3.8) is 0 Å². The molecule has 6 nitrogen and oxygen atoms in total. The van der Waals surface area contributed by atoms with Crippen molar-refractivity contribution in [1.82, 2.24) is 15.8 Å². The van der Waals surface area contributed by atoms with E-state index in [2.05, 4.69) is 27.7 Å². The number of guanidine groups is 1. The van der Waals surface area contributed by atoms with Crippen LogP contribution in [0.5, 0.6) is 0 Å². The molecule has 1 aromatic heterocycles.